The van der Waals surface area contributed by atoms with Crippen LogP contribution in [0.5, 0.6) is 0 Å². The number of piperazine rings is 1. The Morgan fingerprint density at radius 2 is 1.79 bits per heavy atom. The predicted octanol–water partition coefficient (Wildman–Crippen LogP) is 3.13. The molecule has 1 saturated heterocycles. The molecular weight excluding hydrogens is 348 g/mol. The highest BCUT2D eigenvalue weighted by Gasteiger charge is 2.15. The molecule has 3 aromatic rings. The smallest absolute Gasteiger partial charge is 0.163 e. The Balaban J connectivity index is 1.42. The number of likely N-dealkylation sites (N-methyl/N-ethyl adjacent to an activating group) is 1. The van der Waals surface area contributed by atoms with Crippen LogP contribution in [-0.4, -0.2) is 70.6 Å². The minimum atomic E-state index is 0.713. The van der Waals surface area contributed by atoms with E-state index in [2.05, 4.69) is 33.1 Å². The molecule has 0 aliphatic carbocycles. The second-order valence-corrected chi connectivity index (χ2v) is 7.21. The van der Waals surface area contributed by atoms with Gasteiger partial charge in [0.25, 0.3) is 0 Å². The number of nitrogens with zero attached hydrogens (tertiary/aromatic N) is 5. The van der Waals surface area contributed by atoms with E-state index in [4.69, 9.17) is 9.97 Å². The number of anilines is 1. The van der Waals surface area contributed by atoms with Gasteiger partial charge in [0.1, 0.15) is 5.82 Å². The molecule has 1 aromatic carbocycles. The minimum Gasteiger partial charge on any atom is -0.369 e. The Bertz CT molecular complexity index is 890. The summed E-state index contributed by atoms with van der Waals surface area (Å²) < 4.78 is 0. The summed E-state index contributed by atoms with van der Waals surface area (Å²) in [6.45, 7) is 10.2. The number of fused-ring (bicyclic) bond motifs is 1. The Kier molecular flexibility index (Phi) is 6.09. The lowest BCUT2D eigenvalue weighted by molar-refractivity contribution is 0.137. The molecule has 4 rings (SSSR count). The summed E-state index contributed by atoms with van der Waals surface area (Å²) >= 11 is 0. The normalized spacial score (nSPS) is 15.8. The predicted molar refractivity (Wildman–Crippen MR) is 114 cm³/mol. The summed E-state index contributed by atoms with van der Waals surface area (Å²) in [6.07, 6.45) is 4.68. The average molecular weight is 377 g/mol. The summed E-state index contributed by atoms with van der Waals surface area (Å²) in [4.78, 5) is 18.8. The van der Waals surface area contributed by atoms with Crippen molar-refractivity contribution in [1.82, 2.24) is 24.8 Å². The van der Waals surface area contributed by atoms with Gasteiger partial charge in [0.15, 0.2) is 5.82 Å². The third kappa shape index (κ3) is 4.46. The molecule has 1 fully saturated rings. The highest BCUT2D eigenvalue weighted by atomic mass is 15.3. The molecule has 0 unspecified atom stereocenters. The lowest BCUT2D eigenvalue weighted by Crippen LogP contribution is -2.46. The lowest BCUT2D eigenvalue weighted by atomic mass is 10.2. The second-order valence-electron chi connectivity index (χ2n) is 7.21. The summed E-state index contributed by atoms with van der Waals surface area (Å²) in [5.41, 5.74) is 1.89. The van der Waals surface area contributed by atoms with Crippen LogP contribution in [0.15, 0.2) is 48.8 Å². The van der Waals surface area contributed by atoms with Crippen LogP contribution < -0.4 is 5.32 Å². The van der Waals surface area contributed by atoms with Crippen LogP contribution in [0.4, 0.5) is 5.82 Å². The van der Waals surface area contributed by atoms with Gasteiger partial charge in [-0.15, -0.1) is 0 Å². The third-order valence-corrected chi connectivity index (χ3v) is 5.38. The molecule has 28 heavy (non-hydrogen) atoms. The molecule has 0 saturated carbocycles. The van der Waals surface area contributed by atoms with Crippen molar-refractivity contribution >= 4 is 16.7 Å². The van der Waals surface area contributed by atoms with Gasteiger partial charge in [-0.2, -0.15) is 0 Å². The summed E-state index contributed by atoms with van der Waals surface area (Å²) in [6, 6.07) is 12.1. The molecule has 146 valence electrons. The minimum absolute atomic E-state index is 0.713. The molecule has 0 amide bonds. The number of benzene rings is 1. The number of nitrogens with one attached hydrogen (secondary N) is 1. The summed E-state index contributed by atoms with van der Waals surface area (Å²) in [5, 5.41) is 4.61. The maximum atomic E-state index is 4.79. The molecular formula is C22H28N6. The molecule has 0 bridgehead atoms. The molecule has 1 N–H and O–H groups in total. The highest BCUT2D eigenvalue weighted by Crippen LogP contribution is 2.24. The number of aromatic nitrogens is 3. The number of rotatable bonds is 7. The van der Waals surface area contributed by atoms with Crippen LogP contribution in [-0.2, 0) is 0 Å². The Hall–Kier alpha value is -2.57. The maximum absolute atomic E-state index is 4.79. The van der Waals surface area contributed by atoms with Gasteiger partial charge in [-0.25, -0.2) is 9.97 Å². The van der Waals surface area contributed by atoms with Crippen molar-refractivity contribution in [3.05, 3.63) is 48.8 Å². The van der Waals surface area contributed by atoms with Gasteiger partial charge in [0.2, 0.25) is 0 Å². The average Bonchev–Trinajstić information content (AvgIpc) is 2.77. The zero-order chi connectivity index (χ0) is 19.2. The van der Waals surface area contributed by atoms with Crippen LogP contribution in [0.2, 0.25) is 0 Å². The van der Waals surface area contributed by atoms with Gasteiger partial charge in [0, 0.05) is 56.1 Å². The van der Waals surface area contributed by atoms with E-state index in [9.17, 15) is 0 Å². The molecule has 3 heterocycles. The van der Waals surface area contributed by atoms with Crippen LogP contribution in [0.1, 0.15) is 13.3 Å². The van der Waals surface area contributed by atoms with E-state index in [1.807, 2.05) is 36.5 Å². The van der Waals surface area contributed by atoms with Crippen LogP contribution in [0.25, 0.3) is 22.3 Å². The Morgan fingerprint density at radius 1 is 0.964 bits per heavy atom. The molecule has 0 spiro atoms. The fourth-order valence-corrected chi connectivity index (χ4v) is 3.67. The van der Waals surface area contributed by atoms with Crippen LogP contribution >= 0.6 is 0 Å². The van der Waals surface area contributed by atoms with Crippen molar-refractivity contribution in [2.45, 2.75) is 13.3 Å². The first-order valence-corrected chi connectivity index (χ1v) is 10.2. The van der Waals surface area contributed by atoms with Gasteiger partial charge in [-0.05, 0) is 43.8 Å². The number of hydrogen-bond donors (Lipinski definition) is 1. The van der Waals surface area contributed by atoms with E-state index in [1.54, 1.807) is 6.20 Å². The van der Waals surface area contributed by atoms with E-state index < -0.39 is 0 Å². The Morgan fingerprint density at radius 3 is 2.57 bits per heavy atom. The van der Waals surface area contributed by atoms with Crippen molar-refractivity contribution in [2.24, 2.45) is 0 Å². The summed E-state index contributed by atoms with van der Waals surface area (Å²) in [5.74, 6) is 1.62. The standard InChI is InChI=1S/C22H28N6/c1-2-27-13-15-28(16-14-27)12-6-11-24-22-19-8-3-4-9-20(19)25-21(26-22)18-7-5-10-23-17-18/h3-5,7-10,17H,2,6,11-16H2,1H3,(H,24,25,26). The van der Waals surface area contributed by atoms with Gasteiger partial charge < -0.3 is 15.1 Å². The quantitative estimate of drug-likeness (QED) is 0.640. The van der Waals surface area contributed by atoms with Gasteiger partial charge in [0.05, 0.1) is 5.52 Å². The topological polar surface area (TPSA) is 57.2 Å². The van der Waals surface area contributed by atoms with Crippen LogP contribution in [0.3, 0.4) is 0 Å². The lowest BCUT2D eigenvalue weighted by Gasteiger charge is -2.34. The van der Waals surface area contributed by atoms with Gasteiger partial charge >= 0.3 is 0 Å². The van der Waals surface area contributed by atoms with E-state index in [1.165, 1.54) is 26.2 Å². The zero-order valence-electron chi connectivity index (χ0n) is 16.5. The number of pyridine rings is 1. The molecule has 1 aliphatic heterocycles. The third-order valence-electron chi connectivity index (χ3n) is 5.38. The molecule has 6 nitrogen and oxygen atoms in total. The zero-order valence-corrected chi connectivity index (χ0v) is 16.5. The fourth-order valence-electron chi connectivity index (χ4n) is 3.67. The van der Waals surface area contributed by atoms with Gasteiger partial charge in [-0.1, -0.05) is 19.1 Å². The largest absolute Gasteiger partial charge is 0.369 e. The van der Waals surface area contributed by atoms with Crippen molar-refractivity contribution in [2.75, 3.05) is 51.1 Å². The highest BCUT2D eigenvalue weighted by molar-refractivity contribution is 5.90. The monoisotopic (exact) mass is 376 g/mol. The van der Waals surface area contributed by atoms with Crippen molar-refractivity contribution in [3.8, 4) is 11.4 Å². The maximum Gasteiger partial charge on any atom is 0.163 e. The van der Waals surface area contributed by atoms with E-state index in [0.717, 1.165) is 48.3 Å². The van der Waals surface area contributed by atoms with Crippen molar-refractivity contribution in [1.29, 1.82) is 0 Å². The fraction of sp³-hybridized carbons (Fsp3) is 0.409. The molecule has 1 aliphatic rings. The first kappa shape index (κ1) is 18.8. The molecule has 2 aromatic heterocycles. The van der Waals surface area contributed by atoms with E-state index in [-0.39, 0.29) is 0 Å². The van der Waals surface area contributed by atoms with Gasteiger partial charge in [-0.3, -0.25) is 4.98 Å². The van der Waals surface area contributed by atoms with Crippen molar-refractivity contribution < 1.29 is 0 Å². The van der Waals surface area contributed by atoms with E-state index in [0.29, 0.717) is 5.82 Å². The Labute approximate surface area is 166 Å². The van der Waals surface area contributed by atoms with E-state index >= 15 is 0 Å². The second kappa shape index (κ2) is 9.08. The number of hydrogen-bond acceptors (Lipinski definition) is 6. The first-order valence-electron chi connectivity index (χ1n) is 10.2. The molecule has 0 radical (unpaired) electrons. The number of para-hydroxylation sites is 1. The SMILES string of the molecule is CCN1CCN(CCCNc2nc(-c3cccnc3)nc3ccccc23)CC1. The first-order chi connectivity index (χ1) is 13.8. The molecule has 0 atom stereocenters. The molecule has 6 heteroatoms. The summed E-state index contributed by atoms with van der Waals surface area (Å²) in [7, 11) is 0. The van der Waals surface area contributed by atoms with Crippen LogP contribution in [0, 0.1) is 0 Å². The van der Waals surface area contributed by atoms with Crippen molar-refractivity contribution in [3.63, 3.8) is 0 Å².